The lowest BCUT2D eigenvalue weighted by molar-refractivity contribution is 0.0985. The molecular weight excluding hydrogens is 260 g/mol. The van der Waals surface area contributed by atoms with Crippen molar-refractivity contribution in [2.24, 2.45) is 0 Å². The zero-order valence-electron chi connectivity index (χ0n) is 10.8. The van der Waals surface area contributed by atoms with Crippen molar-refractivity contribution in [3.05, 3.63) is 65.2 Å². The highest BCUT2D eigenvalue weighted by Gasteiger charge is 2.23. The number of amides is 1. The van der Waals surface area contributed by atoms with Gasteiger partial charge in [-0.1, -0.05) is 6.07 Å². The predicted octanol–water partition coefficient (Wildman–Crippen LogP) is 3.56. The quantitative estimate of drug-likeness (QED) is 0.778. The second-order valence-electron chi connectivity index (χ2n) is 4.84. The van der Waals surface area contributed by atoms with Crippen LogP contribution in [-0.4, -0.2) is 12.5 Å². The third-order valence-corrected chi connectivity index (χ3v) is 3.50. The summed E-state index contributed by atoms with van der Waals surface area (Å²) in [6, 6.07) is 9.92. The minimum Gasteiger partial charge on any atom is -0.308 e. The van der Waals surface area contributed by atoms with E-state index < -0.39 is 0 Å². The second kappa shape index (κ2) is 5.04. The van der Waals surface area contributed by atoms with E-state index in [1.807, 2.05) is 0 Å². The number of halogens is 2. The van der Waals surface area contributed by atoms with Gasteiger partial charge in [0.2, 0.25) is 0 Å². The first-order chi connectivity index (χ1) is 9.65. The van der Waals surface area contributed by atoms with Gasteiger partial charge in [0.1, 0.15) is 11.6 Å². The third kappa shape index (κ3) is 2.29. The van der Waals surface area contributed by atoms with Crippen molar-refractivity contribution in [3.63, 3.8) is 0 Å². The van der Waals surface area contributed by atoms with Gasteiger partial charge in [0.05, 0.1) is 5.69 Å². The first-order valence-corrected chi connectivity index (χ1v) is 6.51. The van der Waals surface area contributed by atoms with Crippen LogP contribution >= 0.6 is 0 Å². The summed E-state index contributed by atoms with van der Waals surface area (Å²) in [6.45, 7) is 0.548. The van der Waals surface area contributed by atoms with E-state index in [1.165, 1.54) is 36.4 Å². The number of fused-ring (bicyclic) bond motifs is 1. The van der Waals surface area contributed by atoms with Gasteiger partial charge in [0, 0.05) is 12.1 Å². The van der Waals surface area contributed by atoms with Gasteiger partial charge in [-0.3, -0.25) is 4.79 Å². The van der Waals surface area contributed by atoms with Crippen LogP contribution in [0.2, 0.25) is 0 Å². The molecule has 0 atom stereocenters. The number of carbonyl (C=O) groups is 1. The Labute approximate surface area is 115 Å². The maximum atomic E-state index is 13.4. The molecule has 0 radical (unpaired) electrons. The van der Waals surface area contributed by atoms with Crippen LogP contribution in [0.3, 0.4) is 0 Å². The molecule has 0 unspecified atom stereocenters. The Morgan fingerprint density at radius 3 is 2.45 bits per heavy atom. The SMILES string of the molecule is O=C(c1ccc(F)cc1)N1CCCc2ccc(F)cc21. The van der Waals surface area contributed by atoms with E-state index in [4.69, 9.17) is 0 Å². The first-order valence-electron chi connectivity index (χ1n) is 6.51. The van der Waals surface area contributed by atoms with Gasteiger partial charge in [-0.2, -0.15) is 0 Å². The van der Waals surface area contributed by atoms with Gasteiger partial charge in [0.25, 0.3) is 5.91 Å². The lowest BCUT2D eigenvalue weighted by Crippen LogP contribution is -2.35. The number of hydrogen-bond donors (Lipinski definition) is 0. The van der Waals surface area contributed by atoms with Crippen molar-refractivity contribution >= 4 is 11.6 Å². The molecule has 0 saturated heterocycles. The molecular formula is C16H13F2NO. The summed E-state index contributed by atoms with van der Waals surface area (Å²) in [5.74, 6) is -0.967. The van der Waals surface area contributed by atoms with Crippen LogP contribution in [0.25, 0.3) is 0 Å². The van der Waals surface area contributed by atoms with Crippen molar-refractivity contribution in [2.75, 3.05) is 11.4 Å². The number of rotatable bonds is 1. The van der Waals surface area contributed by atoms with Gasteiger partial charge in [0.15, 0.2) is 0 Å². The summed E-state index contributed by atoms with van der Waals surface area (Å²) in [6.07, 6.45) is 1.67. The van der Waals surface area contributed by atoms with Crippen LogP contribution < -0.4 is 4.90 Å². The Morgan fingerprint density at radius 1 is 1.00 bits per heavy atom. The Bertz CT molecular complexity index is 652. The highest BCUT2D eigenvalue weighted by molar-refractivity contribution is 6.06. The molecule has 0 aromatic heterocycles. The molecule has 1 amide bonds. The number of anilines is 1. The van der Waals surface area contributed by atoms with Crippen molar-refractivity contribution in [3.8, 4) is 0 Å². The van der Waals surface area contributed by atoms with E-state index in [-0.39, 0.29) is 17.5 Å². The Morgan fingerprint density at radius 2 is 1.70 bits per heavy atom. The molecule has 4 heteroatoms. The fourth-order valence-corrected chi connectivity index (χ4v) is 2.51. The lowest BCUT2D eigenvalue weighted by atomic mass is 10.0. The molecule has 0 fully saturated rings. The van der Waals surface area contributed by atoms with E-state index in [1.54, 1.807) is 11.0 Å². The lowest BCUT2D eigenvalue weighted by Gasteiger charge is -2.29. The molecule has 3 rings (SSSR count). The molecule has 0 aliphatic carbocycles. The summed E-state index contributed by atoms with van der Waals surface area (Å²) in [4.78, 5) is 14.0. The Balaban J connectivity index is 1.97. The van der Waals surface area contributed by atoms with Crippen molar-refractivity contribution in [2.45, 2.75) is 12.8 Å². The number of carbonyl (C=O) groups excluding carboxylic acids is 1. The number of aryl methyl sites for hydroxylation is 1. The van der Waals surface area contributed by atoms with E-state index in [2.05, 4.69) is 0 Å². The number of nitrogens with zero attached hydrogens (tertiary/aromatic N) is 1. The highest BCUT2D eigenvalue weighted by atomic mass is 19.1. The Kier molecular flexibility index (Phi) is 3.22. The molecule has 20 heavy (non-hydrogen) atoms. The minimum absolute atomic E-state index is 0.225. The molecule has 102 valence electrons. The monoisotopic (exact) mass is 273 g/mol. The molecule has 2 aromatic rings. The number of hydrogen-bond acceptors (Lipinski definition) is 1. The normalized spacial score (nSPS) is 14.0. The fourth-order valence-electron chi connectivity index (χ4n) is 2.51. The molecule has 0 saturated carbocycles. The molecule has 1 aliphatic heterocycles. The van der Waals surface area contributed by atoms with Gasteiger partial charge in [-0.15, -0.1) is 0 Å². The van der Waals surface area contributed by atoms with Crippen LogP contribution in [0.15, 0.2) is 42.5 Å². The van der Waals surface area contributed by atoms with E-state index in [9.17, 15) is 13.6 Å². The van der Waals surface area contributed by atoms with E-state index >= 15 is 0 Å². The maximum Gasteiger partial charge on any atom is 0.258 e. The summed E-state index contributed by atoms with van der Waals surface area (Å²) < 4.78 is 26.3. The largest absolute Gasteiger partial charge is 0.308 e. The molecule has 0 spiro atoms. The Hall–Kier alpha value is -2.23. The van der Waals surface area contributed by atoms with Crippen molar-refractivity contribution < 1.29 is 13.6 Å². The molecule has 0 N–H and O–H groups in total. The zero-order chi connectivity index (χ0) is 14.1. The standard InChI is InChI=1S/C16H13F2NO/c17-13-6-4-12(5-7-13)16(20)19-9-1-2-11-3-8-14(18)10-15(11)19/h3-8,10H,1-2,9H2. The third-order valence-electron chi connectivity index (χ3n) is 3.50. The van der Waals surface area contributed by atoms with Gasteiger partial charge < -0.3 is 4.90 Å². The maximum absolute atomic E-state index is 13.4. The van der Waals surface area contributed by atoms with E-state index in [0.29, 0.717) is 17.8 Å². The average Bonchev–Trinajstić information content (AvgIpc) is 2.46. The van der Waals surface area contributed by atoms with Crippen LogP contribution in [0, 0.1) is 11.6 Å². The first kappa shape index (κ1) is 12.8. The average molecular weight is 273 g/mol. The van der Waals surface area contributed by atoms with Gasteiger partial charge >= 0.3 is 0 Å². The molecule has 1 aliphatic rings. The zero-order valence-corrected chi connectivity index (χ0v) is 10.8. The van der Waals surface area contributed by atoms with Gasteiger partial charge in [-0.25, -0.2) is 8.78 Å². The minimum atomic E-state index is -0.383. The summed E-state index contributed by atoms with van der Waals surface area (Å²) in [7, 11) is 0. The summed E-state index contributed by atoms with van der Waals surface area (Å²) in [5.41, 5.74) is 1.99. The van der Waals surface area contributed by atoms with E-state index in [0.717, 1.165) is 18.4 Å². The summed E-state index contributed by atoms with van der Waals surface area (Å²) >= 11 is 0. The van der Waals surface area contributed by atoms with Crippen LogP contribution in [0.5, 0.6) is 0 Å². The predicted molar refractivity (Wildman–Crippen MR) is 72.8 cm³/mol. The van der Waals surface area contributed by atoms with Crippen LogP contribution in [-0.2, 0) is 6.42 Å². The number of benzene rings is 2. The fraction of sp³-hybridized carbons (Fsp3) is 0.188. The smallest absolute Gasteiger partial charge is 0.258 e. The van der Waals surface area contributed by atoms with Crippen molar-refractivity contribution in [1.29, 1.82) is 0 Å². The summed E-state index contributed by atoms with van der Waals surface area (Å²) in [5, 5.41) is 0. The molecule has 1 heterocycles. The topological polar surface area (TPSA) is 20.3 Å². The van der Waals surface area contributed by atoms with Gasteiger partial charge in [-0.05, 0) is 54.8 Å². The molecule has 0 bridgehead atoms. The second-order valence-corrected chi connectivity index (χ2v) is 4.84. The molecule has 2 nitrogen and oxygen atoms in total. The van der Waals surface area contributed by atoms with Crippen LogP contribution in [0.1, 0.15) is 22.3 Å². The van der Waals surface area contributed by atoms with Crippen molar-refractivity contribution in [1.82, 2.24) is 0 Å². The highest BCUT2D eigenvalue weighted by Crippen LogP contribution is 2.29. The molecule has 2 aromatic carbocycles. The van der Waals surface area contributed by atoms with Crippen LogP contribution in [0.4, 0.5) is 14.5 Å².